The van der Waals surface area contributed by atoms with Gasteiger partial charge in [0.25, 0.3) is 0 Å². The molecule has 7 heteroatoms. The van der Waals surface area contributed by atoms with E-state index >= 15 is 0 Å². The molecule has 0 bridgehead atoms. The summed E-state index contributed by atoms with van der Waals surface area (Å²) in [5.74, 6) is 0.736. The van der Waals surface area contributed by atoms with Gasteiger partial charge in [-0.3, -0.25) is 0 Å². The van der Waals surface area contributed by atoms with Gasteiger partial charge >= 0.3 is 0 Å². The Morgan fingerprint density at radius 3 is 2.40 bits per heavy atom. The number of rotatable bonds is 9. The molecule has 0 fully saturated rings. The van der Waals surface area contributed by atoms with Crippen LogP contribution >= 0.6 is 0 Å². The molecule has 138 valence electrons. The van der Waals surface area contributed by atoms with Crippen LogP contribution in [0.5, 0.6) is 5.75 Å². The second-order valence-corrected chi connectivity index (χ2v) is 7.72. The highest BCUT2D eigenvalue weighted by atomic mass is 32.2. The molecule has 0 spiro atoms. The lowest BCUT2D eigenvalue weighted by Crippen LogP contribution is -2.33. The second-order valence-electron chi connectivity index (χ2n) is 5.78. The van der Waals surface area contributed by atoms with Crippen molar-refractivity contribution in [2.75, 3.05) is 26.9 Å². The molecule has 0 saturated heterocycles. The summed E-state index contributed by atoms with van der Waals surface area (Å²) >= 11 is 0. The van der Waals surface area contributed by atoms with E-state index in [-0.39, 0.29) is 18.0 Å². The van der Waals surface area contributed by atoms with Crippen LogP contribution in [0.1, 0.15) is 23.6 Å². The number of nitrogens with zero attached hydrogens (tertiary/aromatic N) is 1. The minimum atomic E-state index is -3.67. The van der Waals surface area contributed by atoms with Gasteiger partial charge in [-0.15, -0.1) is 0 Å². The molecule has 0 unspecified atom stereocenters. The van der Waals surface area contributed by atoms with Gasteiger partial charge in [0.2, 0.25) is 10.0 Å². The van der Waals surface area contributed by atoms with Crippen molar-refractivity contribution in [1.82, 2.24) is 4.31 Å². The molecular formula is C18H25NO5S. The lowest BCUT2D eigenvalue weighted by atomic mass is 10.1. The average Bonchev–Trinajstić information content (AvgIpc) is 3.07. The Morgan fingerprint density at radius 1 is 1.20 bits per heavy atom. The SMILES string of the molecule is CCOc1c(C)cc(S(=O)(=O)N(CCOC)Cc2ccoc2)cc1C. The third-order valence-corrected chi connectivity index (χ3v) is 5.67. The first-order valence-corrected chi connectivity index (χ1v) is 9.58. The van der Waals surface area contributed by atoms with Crippen molar-refractivity contribution in [3.63, 3.8) is 0 Å². The average molecular weight is 367 g/mol. The van der Waals surface area contributed by atoms with Gasteiger partial charge in [-0.25, -0.2) is 8.42 Å². The molecule has 0 atom stereocenters. The summed E-state index contributed by atoms with van der Waals surface area (Å²) in [6, 6.07) is 5.06. The minimum absolute atomic E-state index is 0.230. The van der Waals surface area contributed by atoms with Crippen LogP contribution in [-0.2, 0) is 21.3 Å². The van der Waals surface area contributed by atoms with Crippen molar-refractivity contribution < 1.29 is 22.3 Å². The first-order valence-electron chi connectivity index (χ1n) is 8.14. The molecule has 25 heavy (non-hydrogen) atoms. The van der Waals surface area contributed by atoms with Crippen molar-refractivity contribution in [3.8, 4) is 5.75 Å². The van der Waals surface area contributed by atoms with E-state index < -0.39 is 10.0 Å². The van der Waals surface area contributed by atoms with E-state index in [2.05, 4.69) is 0 Å². The van der Waals surface area contributed by atoms with Crippen molar-refractivity contribution in [2.24, 2.45) is 0 Å². The van der Waals surface area contributed by atoms with E-state index in [1.807, 2.05) is 20.8 Å². The molecule has 0 aliphatic heterocycles. The number of ether oxygens (including phenoxy) is 2. The lowest BCUT2D eigenvalue weighted by Gasteiger charge is -2.22. The van der Waals surface area contributed by atoms with Gasteiger partial charge in [0.15, 0.2) is 0 Å². The summed E-state index contributed by atoms with van der Waals surface area (Å²) in [6.45, 7) is 6.95. The lowest BCUT2D eigenvalue weighted by molar-refractivity contribution is 0.177. The molecule has 0 N–H and O–H groups in total. The zero-order valence-corrected chi connectivity index (χ0v) is 15.9. The van der Waals surface area contributed by atoms with Gasteiger partial charge in [-0.2, -0.15) is 4.31 Å². The molecule has 0 amide bonds. The first kappa shape index (κ1) is 19.5. The molecule has 1 aromatic carbocycles. The number of aryl methyl sites for hydroxylation is 2. The van der Waals surface area contributed by atoms with Crippen LogP contribution in [0.15, 0.2) is 40.0 Å². The molecule has 2 aromatic rings. The van der Waals surface area contributed by atoms with Gasteiger partial charge in [0.05, 0.1) is 30.6 Å². The topological polar surface area (TPSA) is 69.0 Å². The first-order chi connectivity index (χ1) is 11.9. The maximum absolute atomic E-state index is 13.1. The number of hydrogen-bond acceptors (Lipinski definition) is 5. The maximum Gasteiger partial charge on any atom is 0.243 e. The van der Waals surface area contributed by atoms with Crippen molar-refractivity contribution in [1.29, 1.82) is 0 Å². The highest BCUT2D eigenvalue weighted by molar-refractivity contribution is 7.89. The fourth-order valence-corrected chi connectivity index (χ4v) is 4.23. The summed E-state index contributed by atoms with van der Waals surface area (Å²) in [5.41, 5.74) is 2.39. The van der Waals surface area contributed by atoms with Crippen molar-refractivity contribution in [3.05, 3.63) is 47.4 Å². The molecule has 1 heterocycles. The van der Waals surface area contributed by atoms with E-state index in [9.17, 15) is 8.42 Å². The number of hydrogen-bond donors (Lipinski definition) is 0. The molecule has 0 radical (unpaired) electrons. The monoisotopic (exact) mass is 367 g/mol. The third-order valence-electron chi connectivity index (χ3n) is 3.84. The molecule has 0 aliphatic rings. The van der Waals surface area contributed by atoms with Crippen LogP contribution in [0, 0.1) is 13.8 Å². The second kappa shape index (κ2) is 8.51. The quantitative estimate of drug-likeness (QED) is 0.681. The minimum Gasteiger partial charge on any atom is -0.493 e. The van der Waals surface area contributed by atoms with E-state index in [4.69, 9.17) is 13.9 Å². The van der Waals surface area contributed by atoms with Gasteiger partial charge in [-0.05, 0) is 50.1 Å². The number of methoxy groups -OCH3 is 1. The van der Waals surface area contributed by atoms with Crippen LogP contribution in [0.2, 0.25) is 0 Å². The zero-order chi connectivity index (χ0) is 18.4. The molecule has 0 saturated carbocycles. The van der Waals surface area contributed by atoms with Gasteiger partial charge in [-0.1, -0.05) is 0 Å². The van der Waals surface area contributed by atoms with Crippen LogP contribution in [0.25, 0.3) is 0 Å². The zero-order valence-electron chi connectivity index (χ0n) is 15.1. The summed E-state index contributed by atoms with van der Waals surface area (Å²) in [4.78, 5) is 0.255. The normalized spacial score (nSPS) is 11.9. The van der Waals surface area contributed by atoms with Crippen molar-refractivity contribution >= 4 is 10.0 Å². The van der Waals surface area contributed by atoms with Gasteiger partial charge in [0.1, 0.15) is 5.75 Å². The smallest absolute Gasteiger partial charge is 0.243 e. The molecule has 0 aliphatic carbocycles. The summed E-state index contributed by atoms with van der Waals surface area (Å²) in [6.07, 6.45) is 3.08. The number of benzene rings is 1. The Balaban J connectivity index is 2.38. The molecule has 2 rings (SSSR count). The Morgan fingerprint density at radius 2 is 1.88 bits per heavy atom. The van der Waals surface area contributed by atoms with Crippen LogP contribution < -0.4 is 4.74 Å². The highest BCUT2D eigenvalue weighted by Gasteiger charge is 2.26. The predicted octanol–water partition coefficient (Wildman–Crippen LogP) is 3.13. The predicted molar refractivity (Wildman–Crippen MR) is 95.3 cm³/mol. The number of furan rings is 1. The van der Waals surface area contributed by atoms with Gasteiger partial charge < -0.3 is 13.9 Å². The Hall–Kier alpha value is -1.83. The summed E-state index contributed by atoms with van der Waals surface area (Å²) < 4.78 is 43.4. The molecule has 6 nitrogen and oxygen atoms in total. The summed E-state index contributed by atoms with van der Waals surface area (Å²) in [7, 11) is -2.12. The number of sulfonamides is 1. The van der Waals surface area contributed by atoms with E-state index in [0.717, 1.165) is 22.4 Å². The maximum atomic E-state index is 13.1. The molecule has 1 aromatic heterocycles. The van der Waals surface area contributed by atoms with E-state index in [0.29, 0.717) is 13.2 Å². The highest BCUT2D eigenvalue weighted by Crippen LogP contribution is 2.29. The Kier molecular flexibility index (Phi) is 6.64. The molecular weight excluding hydrogens is 342 g/mol. The fraction of sp³-hybridized carbons (Fsp3) is 0.444. The van der Waals surface area contributed by atoms with Crippen LogP contribution in [0.4, 0.5) is 0 Å². The third kappa shape index (κ3) is 4.62. The Labute approximate surface area is 149 Å². The summed E-state index contributed by atoms with van der Waals surface area (Å²) in [5, 5.41) is 0. The Bertz CT molecular complexity index is 761. The van der Waals surface area contributed by atoms with Crippen LogP contribution in [-0.4, -0.2) is 39.6 Å². The van der Waals surface area contributed by atoms with Crippen molar-refractivity contribution in [2.45, 2.75) is 32.2 Å². The van der Waals surface area contributed by atoms with E-state index in [1.54, 1.807) is 31.6 Å². The fourth-order valence-electron chi connectivity index (χ4n) is 2.64. The largest absolute Gasteiger partial charge is 0.493 e. The van der Waals surface area contributed by atoms with E-state index in [1.165, 1.54) is 10.6 Å². The van der Waals surface area contributed by atoms with Crippen LogP contribution in [0.3, 0.4) is 0 Å². The van der Waals surface area contributed by atoms with Gasteiger partial charge in [0, 0.05) is 25.8 Å². The standard InChI is InChI=1S/C18H25NO5S/c1-5-24-18-14(2)10-17(11-15(18)3)25(20,21)19(7-9-22-4)12-16-6-8-23-13-16/h6,8,10-11,13H,5,7,9,12H2,1-4H3.